The van der Waals surface area contributed by atoms with Crippen LogP contribution in [-0.2, 0) is 31.3 Å². The van der Waals surface area contributed by atoms with Crippen LogP contribution in [0.3, 0.4) is 0 Å². The van der Waals surface area contributed by atoms with E-state index < -0.39 is 24.1 Å². The van der Waals surface area contributed by atoms with Crippen molar-refractivity contribution in [2.24, 2.45) is 10.8 Å². The van der Waals surface area contributed by atoms with Crippen LogP contribution in [0.25, 0.3) is 0 Å². The summed E-state index contributed by atoms with van der Waals surface area (Å²) in [5, 5.41) is 39.2. The molecule has 0 atom stereocenters. The summed E-state index contributed by atoms with van der Waals surface area (Å²) >= 11 is 0. The van der Waals surface area contributed by atoms with E-state index in [-0.39, 0.29) is 34.6 Å². The van der Waals surface area contributed by atoms with Crippen LogP contribution in [0.4, 0.5) is 0 Å². The SMILES string of the molecule is CC(C)(C)CCCCCC(=O)[O-].CC(C)(C)CCCCCC(=O)[O-].CC(C)[O-].CC(C)[O-].[Ti+4]. The number of carbonyl (C=O) groups is 2. The van der Waals surface area contributed by atoms with Crippen LogP contribution in [0.1, 0.15) is 133 Å². The second kappa shape index (κ2) is 26.2. The number of unbranched alkanes of at least 4 members (excludes halogenated alkanes) is 4. The summed E-state index contributed by atoms with van der Waals surface area (Å²) < 4.78 is 0. The van der Waals surface area contributed by atoms with Crippen LogP contribution in [0.2, 0.25) is 0 Å². The molecule has 0 N–H and O–H groups in total. The van der Waals surface area contributed by atoms with Gasteiger partial charge in [-0.2, -0.15) is 0 Å². The molecule has 0 radical (unpaired) electrons. The maximum Gasteiger partial charge on any atom is 4.00 e. The summed E-state index contributed by atoms with van der Waals surface area (Å²) in [7, 11) is 0. The van der Waals surface area contributed by atoms with Crippen LogP contribution in [0.5, 0.6) is 0 Å². The Bertz CT molecular complexity index is 378. The molecule has 0 unspecified atom stereocenters. The second-order valence-electron chi connectivity index (χ2n) is 11.1. The third kappa shape index (κ3) is 89.4. The maximum absolute atomic E-state index is 10.0. The zero-order valence-electron chi connectivity index (χ0n) is 23.2. The first kappa shape index (κ1) is 42.7. The first-order chi connectivity index (χ1) is 14.3. The molecule has 0 aromatic rings. The number of aliphatic carboxylic acids is 2. The largest absolute Gasteiger partial charge is 4.00 e. The van der Waals surface area contributed by atoms with Gasteiger partial charge in [-0.05, 0) is 49.4 Å². The van der Waals surface area contributed by atoms with Gasteiger partial charge in [0.25, 0.3) is 0 Å². The zero-order chi connectivity index (χ0) is 26.4. The van der Waals surface area contributed by atoms with Crippen molar-refractivity contribution >= 4 is 11.9 Å². The van der Waals surface area contributed by atoms with Gasteiger partial charge in [0.05, 0.1) is 0 Å². The molecule has 0 spiro atoms. The van der Waals surface area contributed by atoms with Crippen LogP contribution >= 0.6 is 0 Å². The van der Waals surface area contributed by atoms with Crippen molar-refractivity contribution in [1.82, 2.24) is 0 Å². The Kier molecular flexibility index (Phi) is 33.9. The predicted octanol–water partition coefficient (Wildman–Crippen LogP) is 2.97. The molecule has 0 aliphatic carbocycles. The number of hydrogen-bond donors (Lipinski definition) is 0. The van der Waals surface area contributed by atoms with E-state index in [1.165, 1.54) is 12.8 Å². The molecule has 0 aliphatic heterocycles. The van der Waals surface area contributed by atoms with E-state index in [0.29, 0.717) is 10.8 Å². The molecule has 6 nitrogen and oxygen atoms in total. The van der Waals surface area contributed by atoms with Gasteiger partial charge in [0.2, 0.25) is 0 Å². The van der Waals surface area contributed by atoms with E-state index in [4.69, 9.17) is 0 Å². The third-order valence-corrected chi connectivity index (χ3v) is 3.62. The van der Waals surface area contributed by atoms with Gasteiger partial charge < -0.3 is 30.0 Å². The summed E-state index contributed by atoms with van der Waals surface area (Å²) in [5.41, 5.74) is 0.753. The fourth-order valence-corrected chi connectivity index (χ4v) is 2.20. The minimum absolute atomic E-state index is 0. The molecule has 0 aliphatic rings. The Morgan fingerprint density at radius 1 is 0.576 bits per heavy atom. The van der Waals surface area contributed by atoms with Crippen molar-refractivity contribution < 1.29 is 51.7 Å². The molecular weight excluding hydrogens is 456 g/mol. The average molecular weight is 509 g/mol. The molecular formula is C26H52O6Ti. The number of hydrogen-bond acceptors (Lipinski definition) is 6. The van der Waals surface area contributed by atoms with Crippen molar-refractivity contribution in [3.8, 4) is 0 Å². The zero-order valence-corrected chi connectivity index (χ0v) is 24.7. The molecule has 33 heavy (non-hydrogen) atoms. The monoisotopic (exact) mass is 508 g/mol. The van der Waals surface area contributed by atoms with Gasteiger partial charge >= 0.3 is 21.7 Å². The summed E-state index contributed by atoms with van der Waals surface area (Å²) in [4.78, 5) is 20.1. The summed E-state index contributed by atoms with van der Waals surface area (Å²) in [6.07, 6.45) is 7.70. The van der Waals surface area contributed by atoms with Crippen LogP contribution in [-0.4, -0.2) is 24.1 Å². The smallest absolute Gasteiger partial charge is 0.852 e. The molecule has 196 valence electrons. The third-order valence-electron chi connectivity index (χ3n) is 3.62. The normalized spacial score (nSPS) is 10.6. The van der Waals surface area contributed by atoms with Crippen molar-refractivity contribution in [2.45, 2.75) is 146 Å². The van der Waals surface area contributed by atoms with E-state index in [2.05, 4.69) is 41.5 Å². The number of carboxylic acids is 2. The van der Waals surface area contributed by atoms with Gasteiger partial charge in [0.15, 0.2) is 0 Å². The van der Waals surface area contributed by atoms with Crippen molar-refractivity contribution in [1.29, 1.82) is 0 Å². The summed E-state index contributed by atoms with van der Waals surface area (Å²) in [5.74, 6) is -1.85. The molecule has 0 saturated carbocycles. The van der Waals surface area contributed by atoms with Gasteiger partial charge in [-0.25, -0.2) is 0 Å². The Morgan fingerprint density at radius 3 is 0.939 bits per heavy atom. The van der Waals surface area contributed by atoms with E-state index in [9.17, 15) is 30.0 Å². The van der Waals surface area contributed by atoms with Gasteiger partial charge in [-0.1, -0.05) is 94.9 Å². The van der Waals surface area contributed by atoms with Crippen molar-refractivity contribution in [3.63, 3.8) is 0 Å². The fourth-order valence-electron chi connectivity index (χ4n) is 2.20. The van der Waals surface area contributed by atoms with Gasteiger partial charge in [-0.3, -0.25) is 0 Å². The quantitative estimate of drug-likeness (QED) is 0.330. The number of rotatable bonds is 10. The molecule has 0 heterocycles. The number of carbonyl (C=O) groups excluding carboxylic acids is 2. The first-order valence-corrected chi connectivity index (χ1v) is 12.0. The van der Waals surface area contributed by atoms with Gasteiger partial charge in [0.1, 0.15) is 0 Å². The molecule has 7 heteroatoms. The standard InChI is InChI=1S/2C10H20O2.2C3H7O.Ti/c2*1-10(2,3)8-6-4-5-7-9(11)12;2*1-3(2)4;/h2*4-8H2,1-3H3,(H,11,12);2*3H,1-2H3;/q;;2*-1;+4/p-2. The number of carboxylic acid groups (broad SMARTS) is 2. The predicted molar refractivity (Wildman–Crippen MR) is 125 cm³/mol. The topological polar surface area (TPSA) is 126 Å². The molecule has 0 aromatic carbocycles. The second-order valence-corrected chi connectivity index (χ2v) is 11.1. The van der Waals surface area contributed by atoms with E-state index in [1.807, 2.05) is 0 Å². The maximum atomic E-state index is 10.0. The van der Waals surface area contributed by atoms with E-state index >= 15 is 0 Å². The Balaban J connectivity index is -0.000000117. The molecule has 0 bridgehead atoms. The van der Waals surface area contributed by atoms with Crippen LogP contribution in [0.15, 0.2) is 0 Å². The summed E-state index contributed by atoms with van der Waals surface area (Å²) in [6, 6.07) is 0. The minimum atomic E-state index is -0.925. The van der Waals surface area contributed by atoms with Crippen molar-refractivity contribution in [3.05, 3.63) is 0 Å². The Morgan fingerprint density at radius 2 is 0.788 bits per heavy atom. The van der Waals surface area contributed by atoms with Crippen LogP contribution < -0.4 is 20.4 Å². The van der Waals surface area contributed by atoms with E-state index in [1.54, 1.807) is 27.7 Å². The fraction of sp³-hybridized carbons (Fsp3) is 0.923. The molecule has 0 rings (SSSR count). The average Bonchev–Trinajstić information content (AvgIpc) is 2.51. The summed E-state index contributed by atoms with van der Waals surface area (Å²) in [6.45, 7) is 19.6. The van der Waals surface area contributed by atoms with Gasteiger partial charge in [0, 0.05) is 11.9 Å². The molecule has 0 fully saturated rings. The first-order valence-electron chi connectivity index (χ1n) is 12.0. The van der Waals surface area contributed by atoms with Gasteiger partial charge in [-0.15, -0.1) is 12.2 Å². The van der Waals surface area contributed by atoms with Crippen molar-refractivity contribution in [2.75, 3.05) is 0 Å². The van der Waals surface area contributed by atoms with Crippen LogP contribution in [0, 0.1) is 10.8 Å². The van der Waals surface area contributed by atoms with E-state index in [0.717, 1.165) is 38.5 Å². The Hall–Kier alpha value is -0.426. The molecule has 0 saturated heterocycles. The molecule has 0 amide bonds. The minimum Gasteiger partial charge on any atom is -0.852 e. The Labute approximate surface area is 219 Å². The molecule has 0 aromatic heterocycles.